The van der Waals surface area contributed by atoms with Gasteiger partial charge >= 0.3 is 0 Å². The Bertz CT molecular complexity index is 258. The first-order valence-electron chi connectivity index (χ1n) is 4.98. The van der Waals surface area contributed by atoms with Crippen LogP contribution in [0.4, 0.5) is 0 Å². The van der Waals surface area contributed by atoms with Crippen LogP contribution in [0.3, 0.4) is 0 Å². The fraction of sp³-hybridized carbons (Fsp3) is 0.545. The molecule has 0 radical (unpaired) electrons. The number of hydrogen-bond donors (Lipinski definition) is 1. The molecule has 0 bridgehead atoms. The number of pyridine rings is 1. The smallest absolute Gasteiger partial charge is 0.213 e. The summed E-state index contributed by atoms with van der Waals surface area (Å²) in [5, 5.41) is 8.81. The van der Waals surface area contributed by atoms with Crippen LogP contribution in [0, 0.1) is 0 Å². The summed E-state index contributed by atoms with van der Waals surface area (Å²) in [5.74, 6) is 0.628. The summed E-state index contributed by atoms with van der Waals surface area (Å²) in [6, 6.07) is 3.61. The highest BCUT2D eigenvalue weighted by molar-refractivity contribution is 5.17. The van der Waals surface area contributed by atoms with Gasteiger partial charge in [0.25, 0.3) is 0 Å². The Morgan fingerprint density at radius 2 is 2.29 bits per heavy atom. The first kappa shape index (κ1) is 11.0. The Labute approximate surface area is 84.7 Å². The van der Waals surface area contributed by atoms with Gasteiger partial charge in [0, 0.05) is 12.3 Å². The van der Waals surface area contributed by atoms with Crippen molar-refractivity contribution in [2.24, 2.45) is 0 Å². The molecule has 0 aliphatic rings. The lowest BCUT2D eigenvalue weighted by molar-refractivity contribution is 0.201. The van der Waals surface area contributed by atoms with Crippen molar-refractivity contribution >= 4 is 0 Å². The molecule has 0 aliphatic carbocycles. The van der Waals surface area contributed by atoms with E-state index in [-0.39, 0.29) is 12.7 Å². The summed E-state index contributed by atoms with van der Waals surface area (Å²) in [6.07, 6.45) is 3.97. The van der Waals surface area contributed by atoms with Gasteiger partial charge in [0.15, 0.2) is 0 Å². The Morgan fingerprint density at radius 3 is 2.79 bits per heavy atom. The number of nitrogens with zero attached hydrogens (tertiary/aromatic N) is 1. The lowest BCUT2D eigenvalue weighted by Crippen LogP contribution is -2.11. The second-order valence-corrected chi connectivity index (χ2v) is 3.38. The average Bonchev–Trinajstić information content (AvgIpc) is 2.19. The molecule has 3 nitrogen and oxygen atoms in total. The van der Waals surface area contributed by atoms with E-state index in [0.717, 1.165) is 18.4 Å². The standard InChI is InChI=1S/C11H17NO2/c1-3-4-9(2)14-11-6-5-10(8-13)7-12-11/h5-7,9,13H,3-4,8H2,1-2H3. The van der Waals surface area contributed by atoms with Crippen LogP contribution in [0.5, 0.6) is 5.88 Å². The Hall–Kier alpha value is -1.09. The van der Waals surface area contributed by atoms with Gasteiger partial charge < -0.3 is 9.84 Å². The summed E-state index contributed by atoms with van der Waals surface area (Å²) in [4.78, 5) is 4.09. The predicted octanol–water partition coefficient (Wildman–Crippen LogP) is 2.14. The molecule has 3 heteroatoms. The van der Waals surface area contributed by atoms with E-state index in [9.17, 15) is 0 Å². The molecule has 0 aromatic carbocycles. The highest BCUT2D eigenvalue weighted by Crippen LogP contribution is 2.11. The van der Waals surface area contributed by atoms with Gasteiger partial charge in [0.05, 0.1) is 12.7 Å². The van der Waals surface area contributed by atoms with Crippen molar-refractivity contribution in [3.05, 3.63) is 23.9 Å². The maximum atomic E-state index is 8.81. The van der Waals surface area contributed by atoms with Gasteiger partial charge in [-0.15, -0.1) is 0 Å². The molecule has 1 rings (SSSR count). The van der Waals surface area contributed by atoms with Crippen molar-refractivity contribution in [1.29, 1.82) is 0 Å². The molecule has 0 saturated carbocycles. The van der Waals surface area contributed by atoms with Gasteiger partial charge in [-0.1, -0.05) is 13.3 Å². The van der Waals surface area contributed by atoms with Gasteiger partial charge in [-0.3, -0.25) is 0 Å². The highest BCUT2D eigenvalue weighted by Gasteiger charge is 2.03. The fourth-order valence-electron chi connectivity index (χ4n) is 1.25. The van der Waals surface area contributed by atoms with Crippen LogP contribution < -0.4 is 4.74 Å². The van der Waals surface area contributed by atoms with Crippen LogP contribution in [0.1, 0.15) is 32.3 Å². The molecule has 1 aromatic rings. The molecule has 0 aliphatic heterocycles. The maximum absolute atomic E-state index is 8.81. The van der Waals surface area contributed by atoms with Crippen molar-refractivity contribution < 1.29 is 9.84 Å². The van der Waals surface area contributed by atoms with E-state index in [1.54, 1.807) is 12.3 Å². The van der Waals surface area contributed by atoms with Crippen molar-refractivity contribution in [3.8, 4) is 5.88 Å². The predicted molar refractivity (Wildman–Crippen MR) is 55.2 cm³/mol. The zero-order valence-corrected chi connectivity index (χ0v) is 8.73. The molecule has 1 aromatic heterocycles. The summed E-state index contributed by atoms with van der Waals surface area (Å²) in [7, 11) is 0. The third-order valence-electron chi connectivity index (χ3n) is 2.00. The van der Waals surface area contributed by atoms with Gasteiger partial charge in [-0.05, 0) is 25.0 Å². The molecule has 78 valence electrons. The van der Waals surface area contributed by atoms with E-state index in [1.165, 1.54) is 0 Å². The molecule has 1 unspecified atom stereocenters. The number of ether oxygens (including phenoxy) is 1. The molecular weight excluding hydrogens is 178 g/mol. The summed E-state index contributed by atoms with van der Waals surface area (Å²) in [5.41, 5.74) is 0.806. The van der Waals surface area contributed by atoms with Crippen LogP contribution in [-0.2, 0) is 6.61 Å². The minimum Gasteiger partial charge on any atom is -0.475 e. The maximum Gasteiger partial charge on any atom is 0.213 e. The molecule has 0 amide bonds. The van der Waals surface area contributed by atoms with E-state index in [4.69, 9.17) is 9.84 Å². The largest absolute Gasteiger partial charge is 0.475 e. The van der Waals surface area contributed by atoms with Crippen molar-refractivity contribution in [1.82, 2.24) is 4.98 Å². The second kappa shape index (κ2) is 5.60. The number of aromatic nitrogens is 1. The Morgan fingerprint density at radius 1 is 1.50 bits per heavy atom. The Kier molecular flexibility index (Phi) is 4.40. The van der Waals surface area contributed by atoms with E-state index in [1.807, 2.05) is 13.0 Å². The molecule has 1 atom stereocenters. The quantitative estimate of drug-likeness (QED) is 0.782. The number of aliphatic hydroxyl groups is 1. The fourth-order valence-corrected chi connectivity index (χ4v) is 1.25. The molecule has 1 N–H and O–H groups in total. The lowest BCUT2D eigenvalue weighted by Gasteiger charge is -2.12. The zero-order chi connectivity index (χ0) is 10.4. The summed E-state index contributed by atoms with van der Waals surface area (Å²) in [6.45, 7) is 4.19. The van der Waals surface area contributed by atoms with E-state index < -0.39 is 0 Å². The van der Waals surface area contributed by atoms with Crippen molar-refractivity contribution in [2.75, 3.05) is 0 Å². The van der Waals surface area contributed by atoms with E-state index >= 15 is 0 Å². The first-order chi connectivity index (χ1) is 6.76. The number of rotatable bonds is 5. The summed E-state index contributed by atoms with van der Waals surface area (Å²) >= 11 is 0. The molecule has 0 spiro atoms. The molecule has 1 heterocycles. The average molecular weight is 195 g/mol. The minimum absolute atomic E-state index is 0.0256. The van der Waals surface area contributed by atoms with Gasteiger partial charge in [-0.2, -0.15) is 0 Å². The third kappa shape index (κ3) is 3.34. The molecule has 0 saturated heterocycles. The van der Waals surface area contributed by atoms with E-state index in [0.29, 0.717) is 5.88 Å². The lowest BCUT2D eigenvalue weighted by atomic mass is 10.2. The van der Waals surface area contributed by atoms with Crippen LogP contribution in [0.25, 0.3) is 0 Å². The van der Waals surface area contributed by atoms with Crippen LogP contribution in [-0.4, -0.2) is 16.2 Å². The van der Waals surface area contributed by atoms with Gasteiger partial charge in [0.1, 0.15) is 0 Å². The molecule has 0 fully saturated rings. The van der Waals surface area contributed by atoms with Gasteiger partial charge in [-0.25, -0.2) is 4.98 Å². The normalized spacial score (nSPS) is 12.5. The van der Waals surface area contributed by atoms with Crippen molar-refractivity contribution in [2.45, 2.75) is 39.4 Å². The molecule has 14 heavy (non-hydrogen) atoms. The first-order valence-corrected chi connectivity index (χ1v) is 4.98. The Balaban J connectivity index is 2.50. The summed E-state index contributed by atoms with van der Waals surface area (Å²) < 4.78 is 5.56. The monoisotopic (exact) mass is 195 g/mol. The molecular formula is C11H17NO2. The topological polar surface area (TPSA) is 42.4 Å². The van der Waals surface area contributed by atoms with Gasteiger partial charge in [0.2, 0.25) is 5.88 Å². The van der Waals surface area contributed by atoms with Crippen LogP contribution in [0.2, 0.25) is 0 Å². The zero-order valence-electron chi connectivity index (χ0n) is 8.73. The van der Waals surface area contributed by atoms with Crippen LogP contribution in [0.15, 0.2) is 18.3 Å². The van der Waals surface area contributed by atoms with E-state index in [2.05, 4.69) is 11.9 Å². The minimum atomic E-state index is 0.0256. The van der Waals surface area contributed by atoms with Crippen molar-refractivity contribution in [3.63, 3.8) is 0 Å². The SMILES string of the molecule is CCCC(C)Oc1ccc(CO)cn1. The number of aliphatic hydroxyl groups excluding tert-OH is 1. The highest BCUT2D eigenvalue weighted by atomic mass is 16.5. The van der Waals surface area contributed by atoms with Crippen LogP contribution >= 0.6 is 0 Å². The number of hydrogen-bond acceptors (Lipinski definition) is 3. The second-order valence-electron chi connectivity index (χ2n) is 3.38. The third-order valence-corrected chi connectivity index (χ3v) is 2.00.